The molecule has 0 spiro atoms. The number of nitrogens with zero attached hydrogens (tertiary/aromatic N) is 2. The number of amides is 1. The standard InChI is InChI=1S/C15H24N4O3S2.ClH/c1-2-22-12(21)9-23-14-19-18-13(24-14)17-11(20)8-15(10-16)6-4-3-5-7-15;/h2-10,16H2,1H3,(H,17,18,20);1H. The van der Waals surface area contributed by atoms with Crippen molar-refractivity contribution in [1.29, 1.82) is 0 Å². The van der Waals surface area contributed by atoms with Crippen molar-refractivity contribution in [2.75, 3.05) is 24.2 Å². The molecule has 1 aliphatic rings. The zero-order chi connectivity index (χ0) is 17.4. The Morgan fingerprint density at radius 3 is 2.68 bits per heavy atom. The number of esters is 1. The fourth-order valence-corrected chi connectivity index (χ4v) is 4.47. The molecule has 3 N–H and O–H groups in total. The highest BCUT2D eigenvalue weighted by atomic mass is 35.5. The van der Waals surface area contributed by atoms with Gasteiger partial charge in [-0.25, -0.2) is 0 Å². The lowest BCUT2D eigenvalue weighted by molar-refractivity contribution is -0.139. The van der Waals surface area contributed by atoms with Crippen molar-refractivity contribution < 1.29 is 14.3 Å². The maximum absolute atomic E-state index is 12.3. The molecular weight excluding hydrogens is 384 g/mol. The first kappa shape index (κ1) is 22.1. The highest BCUT2D eigenvalue weighted by Gasteiger charge is 2.33. The van der Waals surface area contributed by atoms with Gasteiger partial charge in [0.05, 0.1) is 12.4 Å². The summed E-state index contributed by atoms with van der Waals surface area (Å²) in [6.45, 7) is 2.67. The molecule has 1 aliphatic carbocycles. The summed E-state index contributed by atoms with van der Waals surface area (Å²) in [5, 5.41) is 11.2. The summed E-state index contributed by atoms with van der Waals surface area (Å²) in [5.41, 5.74) is 5.85. The normalized spacial score (nSPS) is 15.9. The van der Waals surface area contributed by atoms with E-state index in [2.05, 4.69) is 15.5 Å². The molecule has 0 radical (unpaired) electrons. The molecule has 0 aliphatic heterocycles. The van der Waals surface area contributed by atoms with Crippen LogP contribution in [0.5, 0.6) is 0 Å². The van der Waals surface area contributed by atoms with Gasteiger partial charge in [0, 0.05) is 6.42 Å². The van der Waals surface area contributed by atoms with E-state index >= 15 is 0 Å². The van der Waals surface area contributed by atoms with E-state index < -0.39 is 0 Å². The van der Waals surface area contributed by atoms with Crippen molar-refractivity contribution in [2.24, 2.45) is 11.1 Å². The Morgan fingerprint density at radius 1 is 1.32 bits per heavy atom. The first-order chi connectivity index (χ1) is 11.6. The minimum Gasteiger partial charge on any atom is -0.465 e. The number of rotatable bonds is 8. The number of hydrogen-bond acceptors (Lipinski definition) is 8. The van der Waals surface area contributed by atoms with Crippen molar-refractivity contribution in [3.8, 4) is 0 Å². The molecular formula is C15H25ClN4O3S2. The SMILES string of the molecule is CCOC(=O)CSc1nnc(NC(=O)CC2(CN)CCCCC2)s1.Cl. The largest absolute Gasteiger partial charge is 0.465 e. The van der Waals surface area contributed by atoms with E-state index in [-0.39, 0.29) is 35.5 Å². The van der Waals surface area contributed by atoms with Crippen LogP contribution in [0.4, 0.5) is 5.13 Å². The molecule has 0 aromatic carbocycles. The third-order valence-corrected chi connectivity index (χ3v) is 6.10. The molecule has 10 heteroatoms. The van der Waals surface area contributed by atoms with E-state index in [0.29, 0.717) is 29.0 Å². The van der Waals surface area contributed by atoms with Crippen molar-refractivity contribution in [2.45, 2.75) is 49.8 Å². The van der Waals surface area contributed by atoms with Gasteiger partial charge in [0.15, 0.2) is 4.34 Å². The lowest BCUT2D eigenvalue weighted by Crippen LogP contribution is -2.36. The fraction of sp³-hybridized carbons (Fsp3) is 0.733. The number of ether oxygens (including phenoxy) is 1. The second-order valence-corrected chi connectivity index (χ2v) is 8.16. The fourth-order valence-electron chi connectivity index (χ4n) is 2.90. The lowest BCUT2D eigenvalue weighted by Gasteiger charge is -2.35. The number of carbonyl (C=O) groups excluding carboxylic acids is 2. The maximum Gasteiger partial charge on any atom is 0.316 e. The minimum absolute atomic E-state index is 0. The van der Waals surface area contributed by atoms with Crippen molar-refractivity contribution in [1.82, 2.24) is 10.2 Å². The molecule has 2 rings (SSSR count). The van der Waals surface area contributed by atoms with Crippen LogP contribution in [0.1, 0.15) is 45.4 Å². The second-order valence-electron chi connectivity index (χ2n) is 5.96. The van der Waals surface area contributed by atoms with Gasteiger partial charge in [-0.2, -0.15) is 0 Å². The number of thioether (sulfide) groups is 1. The summed E-state index contributed by atoms with van der Waals surface area (Å²) in [4.78, 5) is 23.6. The minimum atomic E-state index is -0.287. The van der Waals surface area contributed by atoms with Crippen molar-refractivity contribution in [3.63, 3.8) is 0 Å². The van der Waals surface area contributed by atoms with Crippen LogP contribution in [-0.2, 0) is 14.3 Å². The van der Waals surface area contributed by atoms with Crippen molar-refractivity contribution in [3.05, 3.63) is 0 Å². The quantitative estimate of drug-likeness (QED) is 0.386. The van der Waals surface area contributed by atoms with Gasteiger partial charge < -0.3 is 15.8 Å². The van der Waals surface area contributed by atoms with Crippen LogP contribution in [-0.4, -0.2) is 41.0 Å². The second kappa shape index (κ2) is 10.9. The molecule has 7 nitrogen and oxygen atoms in total. The molecule has 1 aromatic heterocycles. The first-order valence-electron chi connectivity index (χ1n) is 8.19. The van der Waals surface area contributed by atoms with Crippen LogP contribution in [0.3, 0.4) is 0 Å². The number of carbonyl (C=O) groups is 2. The molecule has 142 valence electrons. The van der Waals surface area contributed by atoms with Crippen LogP contribution < -0.4 is 11.1 Å². The van der Waals surface area contributed by atoms with E-state index in [1.807, 2.05) is 0 Å². The number of halogens is 1. The Kier molecular flexibility index (Phi) is 9.70. The summed E-state index contributed by atoms with van der Waals surface area (Å²) in [5.74, 6) is -0.168. The molecule has 0 atom stereocenters. The third-order valence-electron chi connectivity index (χ3n) is 4.15. The summed E-state index contributed by atoms with van der Waals surface area (Å²) in [6.07, 6.45) is 5.94. The highest BCUT2D eigenvalue weighted by molar-refractivity contribution is 8.01. The molecule has 1 fully saturated rings. The van der Waals surface area contributed by atoms with Crippen LogP contribution in [0.25, 0.3) is 0 Å². The van der Waals surface area contributed by atoms with Gasteiger partial charge in [-0.3, -0.25) is 9.59 Å². The molecule has 25 heavy (non-hydrogen) atoms. The predicted molar refractivity (Wildman–Crippen MR) is 102 cm³/mol. The zero-order valence-corrected chi connectivity index (χ0v) is 16.7. The molecule has 1 amide bonds. The number of hydrogen-bond donors (Lipinski definition) is 2. The number of nitrogens with two attached hydrogens (primary N) is 1. The van der Waals surface area contributed by atoms with E-state index in [1.54, 1.807) is 6.92 Å². The van der Waals surface area contributed by atoms with Crippen molar-refractivity contribution >= 4 is 52.5 Å². The van der Waals surface area contributed by atoms with Gasteiger partial charge in [-0.05, 0) is 31.7 Å². The van der Waals surface area contributed by atoms with E-state index in [4.69, 9.17) is 10.5 Å². The number of aromatic nitrogens is 2. The number of nitrogens with one attached hydrogen (secondary N) is 1. The van der Waals surface area contributed by atoms with Gasteiger partial charge in [-0.1, -0.05) is 42.4 Å². The smallest absolute Gasteiger partial charge is 0.316 e. The monoisotopic (exact) mass is 408 g/mol. The van der Waals surface area contributed by atoms with E-state index in [0.717, 1.165) is 25.7 Å². The zero-order valence-electron chi connectivity index (χ0n) is 14.3. The maximum atomic E-state index is 12.3. The Hall–Kier alpha value is -0.900. The average Bonchev–Trinajstić information content (AvgIpc) is 3.01. The van der Waals surface area contributed by atoms with Crippen LogP contribution in [0.15, 0.2) is 4.34 Å². The molecule has 1 aromatic rings. The van der Waals surface area contributed by atoms with Crippen LogP contribution in [0.2, 0.25) is 0 Å². The Bertz CT molecular complexity index is 565. The Labute approximate surface area is 162 Å². The summed E-state index contributed by atoms with van der Waals surface area (Å²) in [7, 11) is 0. The first-order valence-corrected chi connectivity index (χ1v) is 9.99. The lowest BCUT2D eigenvalue weighted by atomic mass is 9.72. The van der Waals surface area contributed by atoms with E-state index in [1.165, 1.54) is 29.5 Å². The highest BCUT2D eigenvalue weighted by Crippen LogP contribution is 2.38. The van der Waals surface area contributed by atoms with Gasteiger partial charge >= 0.3 is 5.97 Å². The topological polar surface area (TPSA) is 107 Å². The summed E-state index contributed by atoms with van der Waals surface area (Å²) < 4.78 is 5.49. The third kappa shape index (κ3) is 7.08. The Balaban J connectivity index is 0.00000312. The molecule has 1 heterocycles. The molecule has 0 saturated heterocycles. The van der Waals surface area contributed by atoms with Gasteiger partial charge in [0.25, 0.3) is 0 Å². The molecule has 0 unspecified atom stereocenters. The summed E-state index contributed by atoms with van der Waals surface area (Å²) >= 11 is 2.51. The molecule has 0 bridgehead atoms. The van der Waals surface area contributed by atoms with Gasteiger partial charge in [0.1, 0.15) is 0 Å². The van der Waals surface area contributed by atoms with Gasteiger partial charge in [-0.15, -0.1) is 22.6 Å². The number of anilines is 1. The average molecular weight is 409 g/mol. The van der Waals surface area contributed by atoms with Crippen LogP contribution in [0, 0.1) is 5.41 Å². The summed E-state index contributed by atoms with van der Waals surface area (Å²) in [6, 6.07) is 0. The Morgan fingerprint density at radius 2 is 2.04 bits per heavy atom. The van der Waals surface area contributed by atoms with Crippen LogP contribution >= 0.6 is 35.5 Å². The molecule has 1 saturated carbocycles. The predicted octanol–water partition coefficient (Wildman–Crippen LogP) is 2.85. The van der Waals surface area contributed by atoms with Gasteiger partial charge in [0.2, 0.25) is 11.0 Å². The van der Waals surface area contributed by atoms with E-state index in [9.17, 15) is 9.59 Å².